The molecule has 2 heterocycles. The van der Waals surface area contributed by atoms with Crippen LogP contribution in [0.1, 0.15) is 26.2 Å². The van der Waals surface area contributed by atoms with Crippen LogP contribution >= 0.6 is 0 Å². The highest BCUT2D eigenvalue weighted by Gasteiger charge is 2.33. The summed E-state index contributed by atoms with van der Waals surface area (Å²) in [7, 11) is 2.04. The highest BCUT2D eigenvalue weighted by atomic mass is 16.6. The fourth-order valence-corrected chi connectivity index (χ4v) is 2.43. The molecule has 2 aliphatic rings. The SMILES string of the molecule is CCC1CCCN1C(=O)OC1CN(C)C1. The number of nitrogens with zero attached hydrogens (tertiary/aromatic N) is 2. The van der Waals surface area contributed by atoms with Gasteiger partial charge in [0, 0.05) is 25.7 Å². The summed E-state index contributed by atoms with van der Waals surface area (Å²) in [5, 5.41) is 0. The molecule has 86 valence electrons. The molecule has 0 aliphatic carbocycles. The van der Waals surface area contributed by atoms with Crippen LogP contribution in [-0.4, -0.2) is 54.7 Å². The van der Waals surface area contributed by atoms with E-state index in [1.165, 1.54) is 0 Å². The van der Waals surface area contributed by atoms with Crippen LogP contribution < -0.4 is 0 Å². The Bertz CT molecular complexity index is 239. The van der Waals surface area contributed by atoms with Gasteiger partial charge in [-0.2, -0.15) is 0 Å². The van der Waals surface area contributed by atoms with Crippen molar-refractivity contribution in [3.63, 3.8) is 0 Å². The van der Waals surface area contributed by atoms with Gasteiger partial charge in [-0.05, 0) is 26.3 Å². The largest absolute Gasteiger partial charge is 0.443 e. The van der Waals surface area contributed by atoms with Crippen LogP contribution in [0, 0.1) is 0 Å². The van der Waals surface area contributed by atoms with Crippen LogP contribution in [0.25, 0.3) is 0 Å². The second-order valence-electron chi connectivity index (χ2n) is 4.62. The Morgan fingerprint density at radius 1 is 1.47 bits per heavy atom. The number of hydrogen-bond acceptors (Lipinski definition) is 3. The highest BCUT2D eigenvalue weighted by molar-refractivity contribution is 5.68. The molecule has 2 aliphatic heterocycles. The number of likely N-dealkylation sites (tertiary alicyclic amines) is 2. The Kier molecular flexibility index (Phi) is 3.14. The van der Waals surface area contributed by atoms with Crippen LogP contribution in [-0.2, 0) is 4.74 Å². The van der Waals surface area contributed by atoms with Crippen molar-refractivity contribution >= 4 is 6.09 Å². The molecule has 0 saturated carbocycles. The number of carbonyl (C=O) groups excluding carboxylic acids is 1. The molecule has 2 saturated heterocycles. The predicted octanol–water partition coefficient (Wildman–Crippen LogP) is 1.31. The van der Waals surface area contributed by atoms with Gasteiger partial charge in [0.15, 0.2) is 0 Å². The van der Waals surface area contributed by atoms with Gasteiger partial charge in [-0.1, -0.05) is 6.92 Å². The van der Waals surface area contributed by atoms with Gasteiger partial charge >= 0.3 is 6.09 Å². The number of carbonyl (C=O) groups is 1. The monoisotopic (exact) mass is 212 g/mol. The van der Waals surface area contributed by atoms with Gasteiger partial charge in [0.1, 0.15) is 6.10 Å². The van der Waals surface area contributed by atoms with Gasteiger partial charge in [0.2, 0.25) is 0 Å². The summed E-state index contributed by atoms with van der Waals surface area (Å²) < 4.78 is 5.42. The average molecular weight is 212 g/mol. The lowest BCUT2D eigenvalue weighted by Crippen LogP contribution is -2.52. The van der Waals surface area contributed by atoms with E-state index >= 15 is 0 Å². The Hall–Kier alpha value is -0.770. The van der Waals surface area contributed by atoms with Crippen molar-refractivity contribution < 1.29 is 9.53 Å². The van der Waals surface area contributed by atoms with Crippen LogP contribution in [0.15, 0.2) is 0 Å². The first-order valence-electron chi connectivity index (χ1n) is 5.86. The smallest absolute Gasteiger partial charge is 0.410 e. The first kappa shape index (κ1) is 10.7. The molecular weight excluding hydrogens is 192 g/mol. The van der Waals surface area contributed by atoms with Crippen molar-refractivity contribution in [3.8, 4) is 0 Å². The van der Waals surface area contributed by atoms with Crippen molar-refractivity contribution in [2.24, 2.45) is 0 Å². The zero-order valence-corrected chi connectivity index (χ0v) is 9.61. The third-order valence-electron chi connectivity index (χ3n) is 3.38. The summed E-state index contributed by atoms with van der Waals surface area (Å²) in [5.41, 5.74) is 0. The molecule has 2 fully saturated rings. The van der Waals surface area contributed by atoms with E-state index in [9.17, 15) is 4.79 Å². The molecule has 0 aromatic heterocycles. The molecule has 15 heavy (non-hydrogen) atoms. The van der Waals surface area contributed by atoms with E-state index in [-0.39, 0.29) is 12.2 Å². The molecule has 2 rings (SSSR count). The molecule has 0 aromatic carbocycles. The van der Waals surface area contributed by atoms with E-state index in [4.69, 9.17) is 4.74 Å². The normalized spacial score (nSPS) is 27.9. The minimum atomic E-state index is -0.0996. The topological polar surface area (TPSA) is 32.8 Å². The fourth-order valence-electron chi connectivity index (χ4n) is 2.43. The number of amides is 1. The first-order chi connectivity index (χ1) is 7.20. The van der Waals surface area contributed by atoms with Crippen molar-refractivity contribution in [3.05, 3.63) is 0 Å². The lowest BCUT2D eigenvalue weighted by atomic mass is 10.2. The van der Waals surface area contributed by atoms with Crippen LogP contribution in [0.2, 0.25) is 0 Å². The molecule has 0 spiro atoms. The molecule has 0 radical (unpaired) electrons. The van der Waals surface area contributed by atoms with Crippen LogP contribution in [0.4, 0.5) is 4.79 Å². The molecule has 0 aromatic rings. The summed E-state index contributed by atoms with van der Waals surface area (Å²) in [6.07, 6.45) is 3.33. The summed E-state index contributed by atoms with van der Waals surface area (Å²) in [6.45, 7) is 4.78. The summed E-state index contributed by atoms with van der Waals surface area (Å²) in [4.78, 5) is 15.9. The summed E-state index contributed by atoms with van der Waals surface area (Å²) in [5.74, 6) is 0. The van der Waals surface area contributed by atoms with Gasteiger partial charge in [-0.15, -0.1) is 0 Å². The Morgan fingerprint density at radius 2 is 2.20 bits per heavy atom. The Labute approximate surface area is 91.2 Å². The van der Waals surface area contributed by atoms with E-state index in [1.807, 2.05) is 11.9 Å². The van der Waals surface area contributed by atoms with Crippen LogP contribution in [0.5, 0.6) is 0 Å². The van der Waals surface area contributed by atoms with Crippen molar-refractivity contribution in [1.82, 2.24) is 9.80 Å². The van der Waals surface area contributed by atoms with Gasteiger partial charge in [-0.3, -0.25) is 4.90 Å². The zero-order valence-electron chi connectivity index (χ0n) is 9.61. The van der Waals surface area contributed by atoms with Crippen LogP contribution in [0.3, 0.4) is 0 Å². The minimum absolute atomic E-state index is 0.0996. The Morgan fingerprint density at radius 3 is 2.80 bits per heavy atom. The maximum atomic E-state index is 11.8. The lowest BCUT2D eigenvalue weighted by Gasteiger charge is -2.36. The van der Waals surface area contributed by atoms with E-state index in [2.05, 4.69) is 11.8 Å². The zero-order chi connectivity index (χ0) is 10.8. The first-order valence-corrected chi connectivity index (χ1v) is 5.86. The molecule has 0 bridgehead atoms. The second-order valence-corrected chi connectivity index (χ2v) is 4.62. The van der Waals surface area contributed by atoms with Crippen molar-refractivity contribution in [2.45, 2.75) is 38.3 Å². The maximum Gasteiger partial charge on any atom is 0.410 e. The molecule has 1 unspecified atom stereocenters. The number of rotatable bonds is 2. The van der Waals surface area contributed by atoms with Gasteiger partial charge in [0.25, 0.3) is 0 Å². The summed E-state index contributed by atoms with van der Waals surface area (Å²) >= 11 is 0. The molecule has 4 nitrogen and oxygen atoms in total. The molecule has 4 heteroatoms. The standard InChI is InChI=1S/C11H20N2O2/c1-3-9-5-4-6-13(9)11(14)15-10-7-12(2)8-10/h9-10H,3-8H2,1-2H3. The van der Waals surface area contributed by atoms with Crippen molar-refractivity contribution in [2.75, 3.05) is 26.7 Å². The lowest BCUT2D eigenvalue weighted by molar-refractivity contribution is -0.0164. The number of likely N-dealkylation sites (N-methyl/N-ethyl adjacent to an activating group) is 1. The van der Waals surface area contributed by atoms with Gasteiger partial charge in [0.05, 0.1) is 0 Å². The maximum absolute atomic E-state index is 11.8. The Balaban J connectivity index is 1.80. The van der Waals surface area contributed by atoms with E-state index in [0.29, 0.717) is 6.04 Å². The fraction of sp³-hybridized carbons (Fsp3) is 0.909. The molecule has 1 atom stereocenters. The van der Waals surface area contributed by atoms with E-state index < -0.39 is 0 Å². The predicted molar refractivity (Wildman–Crippen MR) is 57.8 cm³/mol. The summed E-state index contributed by atoms with van der Waals surface area (Å²) in [6, 6.07) is 0.412. The van der Waals surface area contributed by atoms with E-state index in [1.54, 1.807) is 0 Å². The molecule has 0 N–H and O–H groups in total. The number of hydrogen-bond donors (Lipinski definition) is 0. The molecular formula is C11H20N2O2. The third-order valence-corrected chi connectivity index (χ3v) is 3.38. The second kappa shape index (κ2) is 4.39. The third kappa shape index (κ3) is 2.25. The minimum Gasteiger partial charge on any atom is -0.443 e. The molecule has 1 amide bonds. The highest BCUT2D eigenvalue weighted by Crippen LogP contribution is 2.21. The average Bonchev–Trinajstić information content (AvgIpc) is 2.62. The van der Waals surface area contributed by atoms with Crippen molar-refractivity contribution in [1.29, 1.82) is 0 Å². The van der Waals surface area contributed by atoms with Gasteiger partial charge in [-0.25, -0.2) is 4.79 Å². The van der Waals surface area contributed by atoms with E-state index in [0.717, 1.165) is 38.9 Å². The number of ether oxygens (including phenoxy) is 1. The van der Waals surface area contributed by atoms with Gasteiger partial charge < -0.3 is 9.64 Å². The quantitative estimate of drug-likeness (QED) is 0.692.